The third-order valence-corrected chi connectivity index (χ3v) is 6.89. The van der Waals surface area contributed by atoms with Crippen LogP contribution >= 0.6 is 0 Å². The van der Waals surface area contributed by atoms with Gasteiger partial charge in [-0.05, 0) is 48.7 Å². The molecule has 7 nitrogen and oxygen atoms in total. The average Bonchev–Trinajstić information content (AvgIpc) is 3.36. The third kappa shape index (κ3) is 4.87. The van der Waals surface area contributed by atoms with Crippen molar-refractivity contribution in [3.8, 4) is 16.9 Å². The first kappa shape index (κ1) is 25.1. The van der Waals surface area contributed by atoms with E-state index in [2.05, 4.69) is 30.3 Å². The fourth-order valence-corrected chi connectivity index (χ4v) is 5.06. The molecule has 1 aromatic heterocycles. The number of carbonyl (C=O) groups is 2. The Bertz CT molecular complexity index is 1550. The van der Waals surface area contributed by atoms with Crippen molar-refractivity contribution in [2.45, 2.75) is 39.2 Å². The molecule has 0 saturated carbocycles. The van der Waals surface area contributed by atoms with Crippen molar-refractivity contribution in [2.75, 3.05) is 7.11 Å². The molecule has 0 saturated heterocycles. The number of aromatic nitrogens is 1. The average molecular weight is 508 g/mol. The van der Waals surface area contributed by atoms with Gasteiger partial charge in [-0.3, -0.25) is 14.6 Å². The summed E-state index contributed by atoms with van der Waals surface area (Å²) in [5, 5.41) is 16.5. The molecule has 0 aliphatic carbocycles. The molecule has 1 amide bonds. The summed E-state index contributed by atoms with van der Waals surface area (Å²) >= 11 is 0. The van der Waals surface area contributed by atoms with Crippen molar-refractivity contribution in [1.82, 2.24) is 9.99 Å². The van der Waals surface area contributed by atoms with Crippen molar-refractivity contribution >= 4 is 28.5 Å². The summed E-state index contributed by atoms with van der Waals surface area (Å²) in [6, 6.07) is 23.6. The van der Waals surface area contributed by atoms with Crippen LogP contribution in [0.25, 0.3) is 22.0 Å². The number of aryl methyl sites for hydroxylation is 2. The van der Waals surface area contributed by atoms with Gasteiger partial charge in [-0.2, -0.15) is 5.10 Å². The molecule has 192 valence electrons. The first-order valence-electron chi connectivity index (χ1n) is 12.6. The van der Waals surface area contributed by atoms with Gasteiger partial charge in [0.2, 0.25) is 5.91 Å². The zero-order valence-corrected chi connectivity index (χ0v) is 21.6. The second kappa shape index (κ2) is 10.5. The quantitative estimate of drug-likeness (QED) is 0.328. The van der Waals surface area contributed by atoms with Crippen LogP contribution in [0.1, 0.15) is 47.7 Å². The maximum Gasteiger partial charge on any atom is 0.303 e. The Morgan fingerprint density at radius 2 is 1.71 bits per heavy atom. The summed E-state index contributed by atoms with van der Waals surface area (Å²) in [6.45, 7) is 4.02. The molecule has 0 unspecified atom stereocenters. The number of ether oxygens (including phenoxy) is 1. The number of hydrazone groups is 1. The number of amides is 1. The van der Waals surface area contributed by atoms with E-state index in [9.17, 15) is 9.59 Å². The molecular weight excluding hydrogens is 478 g/mol. The molecule has 2 heterocycles. The standard InChI is InChI=1S/C31H29N3O4/c1-19-9-14-24-25(17-19)32-20(2)30(31(24)22-7-5-4-6-8-22)26-18-27(21-10-12-23(38-3)13-11-21)34(33-26)28(35)15-16-29(36)37/h4-14,17,27H,15-16,18H2,1-3H3,(H,36,37)/t27-/m0/s1. The van der Waals surface area contributed by atoms with Crippen LogP contribution in [-0.4, -0.2) is 39.8 Å². The van der Waals surface area contributed by atoms with Crippen LogP contribution in [0.4, 0.5) is 0 Å². The Labute approximate surface area is 221 Å². The predicted octanol–water partition coefficient (Wildman–Crippen LogP) is 6.07. The lowest BCUT2D eigenvalue weighted by Crippen LogP contribution is -2.27. The zero-order valence-electron chi connectivity index (χ0n) is 21.6. The number of aliphatic carboxylic acids is 1. The van der Waals surface area contributed by atoms with Crippen LogP contribution in [0.5, 0.6) is 5.75 Å². The molecular formula is C31H29N3O4. The van der Waals surface area contributed by atoms with E-state index in [0.29, 0.717) is 12.2 Å². The molecule has 3 aromatic carbocycles. The van der Waals surface area contributed by atoms with Crippen molar-refractivity contribution in [1.29, 1.82) is 0 Å². The summed E-state index contributed by atoms with van der Waals surface area (Å²) in [5.74, 6) is -0.627. The van der Waals surface area contributed by atoms with Gasteiger partial charge in [0.05, 0.1) is 30.8 Å². The maximum atomic E-state index is 13.2. The zero-order chi connectivity index (χ0) is 26.8. The lowest BCUT2D eigenvalue weighted by atomic mass is 9.89. The van der Waals surface area contributed by atoms with Crippen LogP contribution in [0.15, 0.2) is 77.9 Å². The maximum absolute atomic E-state index is 13.2. The highest BCUT2D eigenvalue weighted by molar-refractivity contribution is 6.14. The number of rotatable bonds is 7. The smallest absolute Gasteiger partial charge is 0.303 e. The first-order chi connectivity index (χ1) is 18.4. The minimum Gasteiger partial charge on any atom is -0.497 e. The highest BCUT2D eigenvalue weighted by atomic mass is 16.5. The number of hydrogen-bond acceptors (Lipinski definition) is 5. The van der Waals surface area contributed by atoms with Gasteiger partial charge >= 0.3 is 5.97 Å². The molecule has 5 rings (SSSR count). The van der Waals surface area contributed by atoms with E-state index in [1.54, 1.807) is 7.11 Å². The highest BCUT2D eigenvalue weighted by Gasteiger charge is 2.35. The lowest BCUT2D eigenvalue weighted by molar-refractivity contribution is -0.141. The summed E-state index contributed by atoms with van der Waals surface area (Å²) in [6.07, 6.45) is 0.101. The molecule has 1 aliphatic heterocycles. The number of hydrogen-bond donors (Lipinski definition) is 1. The predicted molar refractivity (Wildman–Crippen MR) is 147 cm³/mol. The van der Waals surface area contributed by atoms with Crippen LogP contribution in [0.2, 0.25) is 0 Å². The van der Waals surface area contributed by atoms with E-state index in [1.165, 1.54) is 5.01 Å². The number of fused-ring (bicyclic) bond motifs is 1. The van der Waals surface area contributed by atoms with Gasteiger partial charge in [-0.1, -0.05) is 54.6 Å². The van der Waals surface area contributed by atoms with Crippen LogP contribution in [0.3, 0.4) is 0 Å². The molecule has 0 spiro atoms. The first-order valence-corrected chi connectivity index (χ1v) is 12.6. The second-order valence-electron chi connectivity index (χ2n) is 9.51. The van der Waals surface area contributed by atoms with Gasteiger partial charge in [-0.25, -0.2) is 5.01 Å². The Kier molecular flexibility index (Phi) is 6.92. The molecule has 0 bridgehead atoms. The van der Waals surface area contributed by atoms with E-state index in [4.69, 9.17) is 19.9 Å². The minimum atomic E-state index is -1.01. The molecule has 0 fully saturated rings. The molecule has 38 heavy (non-hydrogen) atoms. The van der Waals surface area contributed by atoms with Gasteiger partial charge in [0.25, 0.3) is 0 Å². The Morgan fingerprint density at radius 1 is 0.974 bits per heavy atom. The number of carboxylic acid groups (broad SMARTS) is 1. The molecule has 1 aliphatic rings. The molecule has 1 atom stereocenters. The second-order valence-corrected chi connectivity index (χ2v) is 9.51. The van der Waals surface area contributed by atoms with Gasteiger partial charge in [0.15, 0.2) is 0 Å². The number of carboxylic acids is 1. The van der Waals surface area contributed by atoms with Gasteiger partial charge < -0.3 is 9.84 Å². The van der Waals surface area contributed by atoms with Gasteiger partial charge in [-0.15, -0.1) is 0 Å². The van der Waals surface area contributed by atoms with Crippen molar-refractivity contribution in [3.05, 3.63) is 95.2 Å². The van der Waals surface area contributed by atoms with Crippen LogP contribution in [0, 0.1) is 13.8 Å². The fraction of sp³-hybridized carbons (Fsp3) is 0.226. The molecule has 7 heteroatoms. The summed E-state index contributed by atoms with van der Waals surface area (Å²) < 4.78 is 5.31. The van der Waals surface area contributed by atoms with E-state index in [1.807, 2.05) is 56.3 Å². The summed E-state index contributed by atoms with van der Waals surface area (Å²) in [5.41, 5.74) is 7.49. The lowest BCUT2D eigenvalue weighted by Gasteiger charge is -2.22. The van der Waals surface area contributed by atoms with Crippen LogP contribution < -0.4 is 4.74 Å². The topological polar surface area (TPSA) is 92.1 Å². The molecule has 1 N–H and O–H groups in total. The number of nitrogens with zero attached hydrogens (tertiary/aromatic N) is 3. The van der Waals surface area contributed by atoms with E-state index in [0.717, 1.165) is 50.1 Å². The molecule has 0 radical (unpaired) electrons. The normalized spacial score (nSPS) is 15.0. The third-order valence-electron chi connectivity index (χ3n) is 6.89. The minimum absolute atomic E-state index is 0.126. The van der Waals surface area contributed by atoms with Crippen molar-refractivity contribution in [2.24, 2.45) is 5.10 Å². The van der Waals surface area contributed by atoms with E-state index >= 15 is 0 Å². The SMILES string of the molecule is COc1ccc([C@@H]2CC(c3c(C)nc4cc(C)ccc4c3-c3ccccc3)=NN2C(=O)CCC(=O)O)cc1. The van der Waals surface area contributed by atoms with E-state index in [-0.39, 0.29) is 24.8 Å². The van der Waals surface area contributed by atoms with Gasteiger partial charge in [0, 0.05) is 35.0 Å². The highest BCUT2D eigenvalue weighted by Crippen LogP contribution is 2.40. The van der Waals surface area contributed by atoms with E-state index < -0.39 is 5.97 Å². The number of benzene rings is 3. The summed E-state index contributed by atoms with van der Waals surface area (Å²) in [7, 11) is 1.61. The van der Waals surface area contributed by atoms with Crippen molar-refractivity contribution < 1.29 is 19.4 Å². The van der Waals surface area contributed by atoms with Crippen molar-refractivity contribution in [3.63, 3.8) is 0 Å². The van der Waals surface area contributed by atoms with Gasteiger partial charge in [0.1, 0.15) is 5.75 Å². The monoisotopic (exact) mass is 507 g/mol. The Hall–Kier alpha value is -4.52. The van der Waals surface area contributed by atoms with Crippen LogP contribution in [-0.2, 0) is 9.59 Å². The number of carbonyl (C=O) groups excluding carboxylic acids is 1. The Balaban J connectivity index is 1.67. The number of pyridine rings is 1. The Morgan fingerprint density at radius 3 is 2.39 bits per heavy atom. The fourth-order valence-electron chi connectivity index (χ4n) is 5.06. The number of methoxy groups -OCH3 is 1. The molecule has 4 aromatic rings. The summed E-state index contributed by atoms with van der Waals surface area (Å²) in [4.78, 5) is 29.4. The largest absolute Gasteiger partial charge is 0.497 e.